The third kappa shape index (κ3) is 5.14. The van der Waals surface area contributed by atoms with Crippen molar-refractivity contribution in [3.63, 3.8) is 0 Å². The van der Waals surface area contributed by atoms with Gasteiger partial charge in [-0.1, -0.05) is 6.42 Å². The second kappa shape index (κ2) is 10.1. The number of carbonyl (C=O) groups excluding carboxylic acids is 1. The first kappa shape index (κ1) is 23.5. The summed E-state index contributed by atoms with van der Waals surface area (Å²) in [6.07, 6.45) is 5.88. The number of carbonyl (C=O) groups is 1. The van der Waals surface area contributed by atoms with Crippen molar-refractivity contribution in [3.8, 4) is 5.75 Å². The first-order chi connectivity index (χ1) is 15.9. The number of anilines is 2. The van der Waals surface area contributed by atoms with Gasteiger partial charge in [-0.25, -0.2) is 12.8 Å². The van der Waals surface area contributed by atoms with Gasteiger partial charge in [0.15, 0.2) is 0 Å². The van der Waals surface area contributed by atoms with Gasteiger partial charge in [-0.05, 0) is 62.4 Å². The SMILES string of the molecule is COc1ccc(C(=O)Nc2cc(S(=O)(=O)N3CCCCC3)ccc2N2CCCCC2)c(F)c1. The monoisotopic (exact) mass is 475 g/mol. The van der Waals surface area contributed by atoms with Crippen molar-refractivity contribution in [2.45, 2.75) is 43.4 Å². The summed E-state index contributed by atoms with van der Waals surface area (Å²) in [4.78, 5) is 15.2. The Bertz CT molecular complexity index is 1110. The predicted molar refractivity (Wildman–Crippen MR) is 126 cm³/mol. The Morgan fingerprint density at radius 3 is 2.24 bits per heavy atom. The van der Waals surface area contributed by atoms with Gasteiger partial charge in [0, 0.05) is 32.2 Å². The summed E-state index contributed by atoms with van der Waals surface area (Å²) in [5.41, 5.74) is 0.981. The van der Waals surface area contributed by atoms with E-state index in [2.05, 4.69) is 10.2 Å². The lowest BCUT2D eigenvalue weighted by molar-refractivity contribution is 0.102. The molecule has 1 amide bonds. The summed E-state index contributed by atoms with van der Waals surface area (Å²) in [6.45, 7) is 2.62. The molecular weight excluding hydrogens is 445 g/mol. The number of benzene rings is 2. The number of hydrogen-bond donors (Lipinski definition) is 1. The van der Waals surface area contributed by atoms with Crippen LogP contribution in [0.4, 0.5) is 15.8 Å². The van der Waals surface area contributed by atoms with Crippen molar-refractivity contribution in [2.24, 2.45) is 0 Å². The molecule has 0 bridgehead atoms. The molecule has 0 unspecified atom stereocenters. The van der Waals surface area contributed by atoms with Crippen LogP contribution >= 0.6 is 0 Å². The van der Waals surface area contributed by atoms with E-state index in [1.807, 2.05) is 0 Å². The molecule has 9 heteroatoms. The first-order valence-electron chi connectivity index (χ1n) is 11.4. The smallest absolute Gasteiger partial charge is 0.258 e. The number of amides is 1. The maximum absolute atomic E-state index is 14.5. The molecule has 0 spiro atoms. The Balaban J connectivity index is 1.68. The number of methoxy groups -OCH3 is 1. The van der Waals surface area contributed by atoms with Crippen LogP contribution in [0.5, 0.6) is 5.75 Å². The van der Waals surface area contributed by atoms with E-state index < -0.39 is 21.7 Å². The van der Waals surface area contributed by atoms with Gasteiger partial charge < -0.3 is 15.0 Å². The van der Waals surface area contributed by atoms with Gasteiger partial charge in [-0.3, -0.25) is 4.79 Å². The molecular formula is C24H30FN3O4S. The van der Waals surface area contributed by atoms with Crippen LogP contribution in [0, 0.1) is 5.82 Å². The minimum absolute atomic E-state index is 0.135. The van der Waals surface area contributed by atoms with Crippen LogP contribution in [0.15, 0.2) is 41.3 Å². The quantitative estimate of drug-likeness (QED) is 0.676. The van der Waals surface area contributed by atoms with Crippen molar-refractivity contribution >= 4 is 27.3 Å². The summed E-state index contributed by atoms with van der Waals surface area (Å²) in [7, 11) is -2.25. The van der Waals surface area contributed by atoms with Gasteiger partial charge in [0.2, 0.25) is 10.0 Å². The van der Waals surface area contributed by atoms with Crippen molar-refractivity contribution in [1.29, 1.82) is 0 Å². The Morgan fingerprint density at radius 1 is 0.939 bits per heavy atom. The molecule has 2 heterocycles. The molecule has 178 valence electrons. The maximum atomic E-state index is 14.5. The van der Waals surface area contributed by atoms with Crippen LogP contribution in [-0.2, 0) is 10.0 Å². The van der Waals surface area contributed by atoms with E-state index in [4.69, 9.17) is 4.74 Å². The number of nitrogens with zero attached hydrogens (tertiary/aromatic N) is 2. The molecule has 0 aromatic heterocycles. The number of nitrogens with one attached hydrogen (secondary N) is 1. The normalized spacial score (nSPS) is 17.6. The lowest BCUT2D eigenvalue weighted by atomic mass is 10.1. The second-order valence-corrected chi connectivity index (χ2v) is 10.4. The van der Waals surface area contributed by atoms with Gasteiger partial charge in [-0.15, -0.1) is 0 Å². The van der Waals surface area contributed by atoms with E-state index in [-0.39, 0.29) is 10.5 Å². The molecule has 2 aliphatic rings. The van der Waals surface area contributed by atoms with Crippen LogP contribution in [0.1, 0.15) is 48.9 Å². The van der Waals surface area contributed by atoms with Crippen molar-refractivity contribution in [2.75, 3.05) is 43.5 Å². The summed E-state index contributed by atoms with van der Waals surface area (Å²) in [5.74, 6) is -1.03. The summed E-state index contributed by atoms with van der Waals surface area (Å²) < 4.78 is 47.5. The van der Waals surface area contributed by atoms with E-state index >= 15 is 0 Å². The fourth-order valence-electron chi connectivity index (χ4n) is 4.44. The molecule has 2 aromatic rings. The molecule has 33 heavy (non-hydrogen) atoms. The molecule has 2 aliphatic heterocycles. The van der Waals surface area contributed by atoms with Gasteiger partial charge >= 0.3 is 0 Å². The molecule has 2 saturated heterocycles. The van der Waals surface area contributed by atoms with E-state index in [0.717, 1.165) is 63.4 Å². The number of halogens is 1. The van der Waals surface area contributed by atoms with Crippen molar-refractivity contribution < 1.29 is 22.3 Å². The summed E-state index contributed by atoms with van der Waals surface area (Å²) >= 11 is 0. The third-order valence-electron chi connectivity index (χ3n) is 6.29. The van der Waals surface area contributed by atoms with Gasteiger partial charge in [0.25, 0.3) is 5.91 Å². The minimum Gasteiger partial charge on any atom is -0.497 e. The van der Waals surface area contributed by atoms with Crippen molar-refractivity contribution in [1.82, 2.24) is 4.31 Å². The highest BCUT2D eigenvalue weighted by Gasteiger charge is 2.28. The molecule has 4 rings (SSSR count). The topological polar surface area (TPSA) is 78.9 Å². The summed E-state index contributed by atoms with van der Waals surface area (Å²) in [5, 5.41) is 2.77. The van der Waals surface area contributed by atoms with Crippen LogP contribution < -0.4 is 15.0 Å². The van der Waals surface area contributed by atoms with E-state index in [0.29, 0.717) is 24.5 Å². The molecule has 0 aliphatic carbocycles. The molecule has 7 nitrogen and oxygen atoms in total. The zero-order valence-electron chi connectivity index (χ0n) is 18.8. The molecule has 0 radical (unpaired) electrons. The maximum Gasteiger partial charge on any atom is 0.258 e. The molecule has 1 N–H and O–H groups in total. The average molecular weight is 476 g/mol. The Hall–Kier alpha value is -2.65. The second-order valence-electron chi connectivity index (χ2n) is 8.49. The highest BCUT2D eigenvalue weighted by Crippen LogP contribution is 2.33. The van der Waals surface area contributed by atoms with Gasteiger partial charge in [0.05, 0.1) is 28.9 Å². The van der Waals surface area contributed by atoms with E-state index in [1.54, 1.807) is 12.1 Å². The van der Waals surface area contributed by atoms with Gasteiger partial charge in [0.1, 0.15) is 11.6 Å². The summed E-state index contributed by atoms with van der Waals surface area (Å²) in [6, 6.07) is 8.89. The number of hydrogen-bond acceptors (Lipinski definition) is 5. The highest BCUT2D eigenvalue weighted by molar-refractivity contribution is 7.89. The number of sulfonamides is 1. The largest absolute Gasteiger partial charge is 0.497 e. The molecule has 2 fully saturated rings. The Morgan fingerprint density at radius 2 is 1.61 bits per heavy atom. The van der Waals surface area contributed by atoms with Crippen molar-refractivity contribution in [3.05, 3.63) is 47.8 Å². The highest BCUT2D eigenvalue weighted by atomic mass is 32.2. The lowest BCUT2D eigenvalue weighted by Gasteiger charge is -2.31. The molecule has 2 aromatic carbocycles. The average Bonchev–Trinajstić information content (AvgIpc) is 2.84. The molecule has 0 atom stereocenters. The zero-order valence-corrected chi connectivity index (χ0v) is 19.7. The Kier molecular flexibility index (Phi) is 7.19. The zero-order chi connectivity index (χ0) is 23.4. The van der Waals surface area contributed by atoms with E-state index in [1.165, 1.54) is 29.6 Å². The van der Waals surface area contributed by atoms with E-state index in [9.17, 15) is 17.6 Å². The third-order valence-corrected chi connectivity index (χ3v) is 8.18. The standard InChI is InChI=1S/C24H30FN3O4S/c1-32-18-8-10-20(21(25)16-18)24(29)26-22-17-19(33(30,31)28-14-6-3-7-15-28)9-11-23(22)27-12-4-2-5-13-27/h8-11,16-17H,2-7,12-15H2,1H3,(H,26,29). The number of piperidine rings is 2. The van der Waals surface area contributed by atoms with Crippen LogP contribution in [0.25, 0.3) is 0 Å². The van der Waals surface area contributed by atoms with Crippen LogP contribution in [-0.4, -0.2) is 51.9 Å². The predicted octanol–water partition coefficient (Wildman–Crippen LogP) is 4.25. The Labute approximate surface area is 194 Å². The molecule has 0 saturated carbocycles. The van der Waals surface area contributed by atoms with Crippen LogP contribution in [0.3, 0.4) is 0 Å². The van der Waals surface area contributed by atoms with Gasteiger partial charge in [-0.2, -0.15) is 4.31 Å². The fourth-order valence-corrected chi connectivity index (χ4v) is 5.98. The number of ether oxygens (including phenoxy) is 1. The lowest BCUT2D eigenvalue weighted by Crippen LogP contribution is -2.36. The minimum atomic E-state index is -3.68. The van der Waals surface area contributed by atoms with Crippen LogP contribution in [0.2, 0.25) is 0 Å². The fraction of sp³-hybridized carbons (Fsp3) is 0.458. The first-order valence-corrected chi connectivity index (χ1v) is 12.9. The number of rotatable bonds is 6.